The first-order valence-electron chi connectivity index (χ1n) is 7.94. The number of esters is 1. The first-order valence-corrected chi connectivity index (χ1v) is 7.94. The third kappa shape index (κ3) is 6.29. The van der Waals surface area contributed by atoms with Gasteiger partial charge >= 0.3 is 5.97 Å². The van der Waals surface area contributed by atoms with Crippen LogP contribution in [0.5, 0.6) is 0 Å². The monoisotopic (exact) mass is 305 g/mol. The maximum Gasteiger partial charge on any atom is 0.328 e. The van der Waals surface area contributed by atoms with Gasteiger partial charge in [0.2, 0.25) is 5.91 Å². The largest absolute Gasteiger partial charge is 0.464 e. The molecule has 0 aliphatic rings. The molecule has 0 saturated heterocycles. The summed E-state index contributed by atoms with van der Waals surface area (Å²) in [6.07, 6.45) is 1.22. The quantitative estimate of drug-likeness (QED) is 0.751. The highest BCUT2D eigenvalue weighted by Gasteiger charge is 2.25. The van der Waals surface area contributed by atoms with Gasteiger partial charge in [-0.25, -0.2) is 4.79 Å². The summed E-state index contributed by atoms with van der Waals surface area (Å²) in [6.45, 7) is 8.29. The van der Waals surface area contributed by atoms with Crippen LogP contribution in [-0.2, 0) is 20.7 Å². The first-order chi connectivity index (χ1) is 10.4. The first kappa shape index (κ1) is 18.2. The Kier molecular flexibility index (Phi) is 7.64. The summed E-state index contributed by atoms with van der Waals surface area (Å²) in [6, 6.07) is 8.88. The molecule has 122 valence electrons. The van der Waals surface area contributed by atoms with Crippen LogP contribution in [0.25, 0.3) is 0 Å². The molecule has 0 saturated carbocycles. The van der Waals surface area contributed by atoms with Gasteiger partial charge in [0.1, 0.15) is 6.04 Å². The van der Waals surface area contributed by atoms with Crippen molar-refractivity contribution in [3.63, 3.8) is 0 Å². The van der Waals surface area contributed by atoms with Gasteiger partial charge in [0.15, 0.2) is 0 Å². The molecular weight excluding hydrogens is 278 g/mol. The van der Waals surface area contributed by atoms with Crippen LogP contribution in [0.2, 0.25) is 0 Å². The van der Waals surface area contributed by atoms with E-state index in [2.05, 4.69) is 12.2 Å². The lowest BCUT2D eigenvalue weighted by Crippen LogP contribution is -2.46. The summed E-state index contributed by atoms with van der Waals surface area (Å²) in [7, 11) is 0. The zero-order valence-corrected chi connectivity index (χ0v) is 14.0. The molecule has 0 heterocycles. The molecule has 2 unspecified atom stereocenters. The Hall–Kier alpha value is -1.84. The van der Waals surface area contributed by atoms with Gasteiger partial charge in [-0.2, -0.15) is 0 Å². The third-order valence-electron chi connectivity index (χ3n) is 3.65. The van der Waals surface area contributed by atoms with E-state index in [1.54, 1.807) is 0 Å². The lowest BCUT2D eigenvalue weighted by Gasteiger charge is -2.21. The van der Waals surface area contributed by atoms with Crippen molar-refractivity contribution < 1.29 is 14.3 Å². The van der Waals surface area contributed by atoms with E-state index in [-0.39, 0.29) is 24.2 Å². The predicted octanol–water partition coefficient (Wildman–Crippen LogP) is 2.96. The van der Waals surface area contributed by atoms with Crippen molar-refractivity contribution in [2.45, 2.75) is 46.6 Å². The molecular formula is C18H27NO3. The molecule has 0 spiro atoms. The summed E-state index contributed by atoms with van der Waals surface area (Å²) in [4.78, 5) is 24.3. The van der Waals surface area contributed by atoms with E-state index in [1.165, 1.54) is 0 Å². The number of carbonyl (C=O) groups excluding carboxylic acids is 2. The van der Waals surface area contributed by atoms with Crippen molar-refractivity contribution in [2.75, 3.05) is 6.61 Å². The second-order valence-electron chi connectivity index (χ2n) is 6.10. The highest BCUT2D eigenvalue weighted by atomic mass is 16.5. The zero-order chi connectivity index (χ0) is 16.5. The summed E-state index contributed by atoms with van der Waals surface area (Å²) in [5.41, 5.74) is 0.926. The van der Waals surface area contributed by atoms with Crippen molar-refractivity contribution in [2.24, 2.45) is 11.8 Å². The van der Waals surface area contributed by atoms with E-state index < -0.39 is 6.04 Å². The van der Waals surface area contributed by atoms with Crippen molar-refractivity contribution in [1.82, 2.24) is 5.32 Å². The smallest absolute Gasteiger partial charge is 0.328 e. The number of benzene rings is 1. The predicted molar refractivity (Wildman–Crippen MR) is 87.3 cm³/mol. The number of ether oxygens (including phenoxy) is 1. The van der Waals surface area contributed by atoms with Crippen molar-refractivity contribution >= 4 is 11.9 Å². The fourth-order valence-electron chi connectivity index (χ4n) is 1.94. The van der Waals surface area contributed by atoms with E-state index in [9.17, 15) is 9.59 Å². The molecule has 1 rings (SSSR count). The minimum Gasteiger partial charge on any atom is -0.464 e. The van der Waals surface area contributed by atoms with E-state index in [0.717, 1.165) is 12.0 Å². The van der Waals surface area contributed by atoms with Crippen LogP contribution in [0.1, 0.15) is 39.7 Å². The molecule has 0 fully saturated rings. The molecule has 0 aliphatic carbocycles. The van der Waals surface area contributed by atoms with Gasteiger partial charge in [0.05, 0.1) is 13.0 Å². The lowest BCUT2D eigenvalue weighted by atomic mass is 10.0. The molecule has 22 heavy (non-hydrogen) atoms. The molecule has 0 aliphatic heterocycles. The van der Waals surface area contributed by atoms with Crippen LogP contribution in [0.15, 0.2) is 30.3 Å². The molecule has 0 bridgehead atoms. The lowest BCUT2D eigenvalue weighted by molar-refractivity contribution is -0.150. The van der Waals surface area contributed by atoms with E-state index in [4.69, 9.17) is 4.74 Å². The van der Waals surface area contributed by atoms with Crippen LogP contribution >= 0.6 is 0 Å². The summed E-state index contributed by atoms with van der Waals surface area (Å²) in [5, 5.41) is 2.79. The molecule has 4 heteroatoms. The molecule has 1 aromatic carbocycles. The Morgan fingerprint density at radius 3 is 2.32 bits per heavy atom. The van der Waals surface area contributed by atoms with Crippen LogP contribution in [0.3, 0.4) is 0 Å². The SMILES string of the molecule is CCC(C)COC(=O)C(NC(=O)Cc1ccccc1)C(C)C. The zero-order valence-electron chi connectivity index (χ0n) is 14.0. The summed E-state index contributed by atoms with van der Waals surface area (Å²) < 4.78 is 5.32. The Morgan fingerprint density at radius 2 is 1.77 bits per heavy atom. The number of hydrogen-bond donors (Lipinski definition) is 1. The highest BCUT2D eigenvalue weighted by molar-refractivity contribution is 5.85. The second kappa shape index (κ2) is 9.23. The van der Waals surface area contributed by atoms with Crippen molar-refractivity contribution in [1.29, 1.82) is 0 Å². The molecule has 4 nitrogen and oxygen atoms in total. The number of hydrogen-bond acceptors (Lipinski definition) is 3. The maximum absolute atomic E-state index is 12.2. The third-order valence-corrected chi connectivity index (χ3v) is 3.65. The van der Waals surface area contributed by atoms with Crippen LogP contribution in [-0.4, -0.2) is 24.5 Å². The molecule has 0 aromatic heterocycles. The number of carbonyl (C=O) groups is 2. The maximum atomic E-state index is 12.2. The van der Waals surface area contributed by atoms with Gasteiger partial charge < -0.3 is 10.1 Å². The molecule has 1 N–H and O–H groups in total. The summed E-state index contributed by atoms with van der Waals surface area (Å²) in [5.74, 6) is -0.192. The second-order valence-corrected chi connectivity index (χ2v) is 6.10. The topological polar surface area (TPSA) is 55.4 Å². The average Bonchev–Trinajstić information content (AvgIpc) is 2.50. The number of rotatable bonds is 8. The van der Waals surface area contributed by atoms with Gasteiger partial charge in [0, 0.05) is 0 Å². The fourth-order valence-corrected chi connectivity index (χ4v) is 1.94. The Balaban J connectivity index is 2.56. The van der Waals surface area contributed by atoms with Gasteiger partial charge in [-0.1, -0.05) is 64.4 Å². The molecule has 2 atom stereocenters. The standard InChI is InChI=1S/C18H27NO3/c1-5-14(4)12-22-18(21)17(13(2)3)19-16(20)11-15-9-7-6-8-10-15/h6-10,13-14,17H,5,11-12H2,1-4H3,(H,19,20). The number of nitrogens with one attached hydrogen (secondary N) is 1. The van der Waals surface area contributed by atoms with E-state index in [1.807, 2.05) is 51.1 Å². The minimum atomic E-state index is -0.597. The van der Waals surface area contributed by atoms with Crippen molar-refractivity contribution in [3.05, 3.63) is 35.9 Å². The van der Waals surface area contributed by atoms with Crippen molar-refractivity contribution in [3.8, 4) is 0 Å². The van der Waals surface area contributed by atoms with Crippen LogP contribution in [0, 0.1) is 11.8 Å². The summed E-state index contributed by atoms with van der Waals surface area (Å²) >= 11 is 0. The van der Waals surface area contributed by atoms with Gasteiger partial charge in [0.25, 0.3) is 0 Å². The Bertz CT molecular complexity index is 470. The van der Waals surface area contributed by atoms with Gasteiger partial charge in [-0.3, -0.25) is 4.79 Å². The van der Waals surface area contributed by atoms with Gasteiger partial charge in [-0.05, 0) is 17.4 Å². The number of amides is 1. The Labute approximate surface area is 133 Å². The fraction of sp³-hybridized carbons (Fsp3) is 0.556. The molecule has 1 amide bonds. The minimum absolute atomic E-state index is 0.0100. The molecule has 1 aromatic rings. The normalized spacial score (nSPS) is 13.5. The Morgan fingerprint density at radius 1 is 1.14 bits per heavy atom. The van der Waals surface area contributed by atoms with E-state index in [0.29, 0.717) is 12.5 Å². The highest BCUT2D eigenvalue weighted by Crippen LogP contribution is 2.08. The van der Waals surface area contributed by atoms with Gasteiger partial charge in [-0.15, -0.1) is 0 Å². The average molecular weight is 305 g/mol. The molecule has 0 radical (unpaired) electrons. The van der Waals surface area contributed by atoms with E-state index >= 15 is 0 Å². The van der Waals surface area contributed by atoms with Crippen LogP contribution < -0.4 is 5.32 Å². The van der Waals surface area contributed by atoms with Crippen LogP contribution in [0.4, 0.5) is 0 Å².